The van der Waals surface area contributed by atoms with Crippen molar-refractivity contribution in [3.8, 4) is 0 Å². The summed E-state index contributed by atoms with van der Waals surface area (Å²) in [5.41, 5.74) is 0.533. The molecule has 130 valence electrons. The van der Waals surface area contributed by atoms with Crippen molar-refractivity contribution in [2.45, 2.75) is 49.4 Å². The van der Waals surface area contributed by atoms with Crippen LogP contribution in [0.3, 0.4) is 0 Å². The van der Waals surface area contributed by atoms with Gasteiger partial charge >= 0.3 is 0 Å². The van der Waals surface area contributed by atoms with Gasteiger partial charge in [-0.05, 0) is 37.8 Å². The summed E-state index contributed by atoms with van der Waals surface area (Å²) in [5, 5.41) is -0.204. The second-order valence-electron chi connectivity index (χ2n) is 6.80. The molecule has 2 saturated heterocycles. The highest BCUT2D eigenvalue weighted by Gasteiger charge is 2.51. The maximum atomic E-state index is 12.9. The first-order valence-corrected chi connectivity index (χ1v) is 9.87. The molecule has 1 aromatic rings. The molecule has 0 N–H and O–H groups in total. The first kappa shape index (κ1) is 16.0. The molecule has 1 aliphatic carbocycles. The van der Waals surface area contributed by atoms with Gasteiger partial charge in [-0.1, -0.05) is 0 Å². The maximum Gasteiger partial charge on any atom is 0.228 e. The van der Waals surface area contributed by atoms with Crippen LogP contribution < -0.4 is 0 Å². The van der Waals surface area contributed by atoms with Gasteiger partial charge in [0.2, 0.25) is 15.9 Å². The van der Waals surface area contributed by atoms with Crippen molar-refractivity contribution < 1.29 is 17.6 Å². The average molecular weight is 353 g/mol. The zero-order chi connectivity index (χ0) is 16.9. The molecule has 24 heavy (non-hydrogen) atoms. The summed E-state index contributed by atoms with van der Waals surface area (Å²) >= 11 is 0. The molecule has 0 aromatic carbocycles. The average Bonchev–Trinajstić information content (AvgIpc) is 3.20. The van der Waals surface area contributed by atoms with Gasteiger partial charge in [0.1, 0.15) is 5.82 Å². The molecule has 8 heteroatoms. The van der Waals surface area contributed by atoms with Crippen LogP contribution in [0.4, 0.5) is 4.39 Å². The van der Waals surface area contributed by atoms with E-state index < -0.39 is 15.8 Å². The van der Waals surface area contributed by atoms with Crippen molar-refractivity contribution in [2.24, 2.45) is 0 Å². The van der Waals surface area contributed by atoms with E-state index in [1.165, 1.54) is 12.1 Å². The van der Waals surface area contributed by atoms with Crippen LogP contribution in [-0.2, 0) is 21.2 Å². The van der Waals surface area contributed by atoms with Crippen molar-refractivity contribution >= 4 is 15.9 Å². The van der Waals surface area contributed by atoms with E-state index >= 15 is 0 Å². The fourth-order valence-electron chi connectivity index (χ4n) is 3.90. The summed E-state index contributed by atoms with van der Waals surface area (Å²) in [7, 11) is -3.19. The largest absolute Gasteiger partial charge is 0.338 e. The van der Waals surface area contributed by atoms with Gasteiger partial charge < -0.3 is 4.90 Å². The minimum absolute atomic E-state index is 0.0357. The van der Waals surface area contributed by atoms with E-state index in [1.807, 2.05) is 0 Å². The summed E-state index contributed by atoms with van der Waals surface area (Å²) in [4.78, 5) is 18.3. The number of pyridine rings is 1. The van der Waals surface area contributed by atoms with Gasteiger partial charge in [0, 0.05) is 30.9 Å². The molecule has 0 spiro atoms. The molecular formula is C16H20FN3O3S. The van der Waals surface area contributed by atoms with Gasteiger partial charge in [0.25, 0.3) is 0 Å². The maximum absolute atomic E-state index is 12.9. The lowest BCUT2D eigenvalue weighted by molar-refractivity contribution is -0.131. The summed E-state index contributed by atoms with van der Waals surface area (Å²) in [6, 6.07) is 2.69. The number of amides is 1. The fourth-order valence-corrected chi connectivity index (χ4v) is 6.00. The summed E-state index contributed by atoms with van der Waals surface area (Å²) in [5.74, 6) is -0.489. The van der Waals surface area contributed by atoms with Crippen molar-refractivity contribution in [3.05, 3.63) is 29.8 Å². The van der Waals surface area contributed by atoms with E-state index in [0.717, 1.165) is 19.0 Å². The number of carbonyl (C=O) groups excluding carboxylic acids is 1. The third kappa shape index (κ3) is 2.71. The normalized spacial score (nSPS) is 27.5. The molecule has 0 radical (unpaired) electrons. The van der Waals surface area contributed by atoms with Gasteiger partial charge in [0.15, 0.2) is 0 Å². The minimum atomic E-state index is -3.19. The van der Waals surface area contributed by atoms with Crippen LogP contribution in [-0.4, -0.2) is 58.9 Å². The van der Waals surface area contributed by atoms with Gasteiger partial charge in [-0.25, -0.2) is 12.8 Å². The Morgan fingerprint density at radius 2 is 1.92 bits per heavy atom. The van der Waals surface area contributed by atoms with E-state index in [1.54, 1.807) is 9.21 Å². The monoisotopic (exact) mass is 353 g/mol. The number of hydrogen-bond acceptors (Lipinski definition) is 4. The van der Waals surface area contributed by atoms with Crippen molar-refractivity contribution in [1.82, 2.24) is 14.2 Å². The second-order valence-corrected chi connectivity index (χ2v) is 8.96. The lowest BCUT2D eigenvalue weighted by Gasteiger charge is -2.25. The lowest BCUT2D eigenvalue weighted by Crippen LogP contribution is -2.42. The van der Waals surface area contributed by atoms with E-state index in [0.29, 0.717) is 31.6 Å². The molecule has 6 nitrogen and oxygen atoms in total. The Bertz CT molecular complexity index is 748. The number of carbonyl (C=O) groups is 1. The molecule has 2 aliphatic heterocycles. The molecule has 1 saturated carbocycles. The molecule has 3 heterocycles. The first-order valence-electron chi connectivity index (χ1n) is 8.37. The Kier molecular flexibility index (Phi) is 3.84. The molecule has 0 unspecified atom stereocenters. The van der Waals surface area contributed by atoms with Gasteiger partial charge in [0.05, 0.1) is 17.9 Å². The fraction of sp³-hybridized carbons (Fsp3) is 0.625. The first-order chi connectivity index (χ1) is 11.5. The highest BCUT2D eigenvalue weighted by Crippen LogP contribution is 2.39. The van der Waals surface area contributed by atoms with Gasteiger partial charge in [-0.15, -0.1) is 0 Å². The highest BCUT2D eigenvalue weighted by molar-refractivity contribution is 7.90. The molecule has 1 aromatic heterocycles. The predicted octanol–water partition coefficient (Wildman–Crippen LogP) is 0.931. The van der Waals surface area contributed by atoms with Crippen LogP contribution in [0.2, 0.25) is 0 Å². The summed E-state index contributed by atoms with van der Waals surface area (Å²) < 4.78 is 39.6. The predicted molar refractivity (Wildman–Crippen MR) is 85.1 cm³/mol. The summed E-state index contributed by atoms with van der Waals surface area (Å²) in [6.07, 6.45) is 4.14. The smallest absolute Gasteiger partial charge is 0.228 e. The number of halogens is 1. The number of sulfonamides is 1. The quantitative estimate of drug-likeness (QED) is 0.807. The third-order valence-corrected chi connectivity index (χ3v) is 7.66. The van der Waals surface area contributed by atoms with Gasteiger partial charge in [-0.3, -0.25) is 9.78 Å². The van der Waals surface area contributed by atoms with E-state index in [2.05, 4.69) is 4.98 Å². The van der Waals surface area contributed by atoms with E-state index in [9.17, 15) is 17.6 Å². The number of fused-ring (bicyclic) bond motifs is 1. The van der Waals surface area contributed by atoms with E-state index in [-0.39, 0.29) is 29.7 Å². The number of likely N-dealkylation sites (tertiary alicyclic amines) is 1. The highest BCUT2D eigenvalue weighted by atomic mass is 32.2. The zero-order valence-electron chi connectivity index (χ0n) is 13.3. The Labute approximate surface area is 140 Å². The molecule has 3 aliphatic rings. The Morgan fingerprint density at radius 1 is 1.17 bits per heavy atom. The zero-order valence-corrected chi connectivity index (χ0v) is 14.1. The second kappa shape index (κ2) is 5.77. The standard InChI is InChI=1S/C16H20FN3O3S/c17-11-1-2-12(18-10-11)9-16(21)19-7-5-15-14(19)6-8-20(15)24(22,23)13-3-4-13/h1-2,10,13-15H,3-9H2/t14-,15+/m1/s1. The van der Waals surface area contributed by atoms with Crippen LogP contribution in [0.5, 0.6) is 0 Å². The molecule has 1 amide bonds. The molecule has 0 bridgehead atoms. The Morgan fingerprint density at radius 3 is 2.58 bits per heavy atom. The van der Waals surface area contributed by atoms with Crippen molar-refractivity contribution in [2.75, 3.05) is 13.1 Å². The van der Waals surface area contributed by atoms with Crippen LogP contribution in [0, 0.1) is 5.82 Å². The number of hydrogen-bond donors (Lipinski definition) is 0. The van der Waals surface area contributed by atoms with Crippen LogP contribution in [0.15, 0.2) is 18.3 Å². The number of rotatable bonds is 4. The topological polar surface area (TPSA) is 70.6 Å². The Hall–Kier alpha value is -1.54. The molecule has 3 fully saturated rings. The van der Waals surface area contributed by atoms with Crippen LogP contribution >= 0.6 is 0 Å². The number of nitrogens with zero attached hydrogens (tertiary/aromatic N) is 3. The van der Waals surface area contributed by atoms with Crippen molar-refractivity contribution in [1.29, 1.82) is 0 Å². The summed E-state index contributed by atoms with van der Waals surface area (Å²) in [6.45, 7) is 1.08. The minimum Gasteiger partial charge on any atom is -0.338 e. The van der Waals surface area contributed by atoms with Crippen molar-refractivity contribution in [3.63, 3.8) is 0 Å². The van der Waals surface area contributed by atoms with Crippen LogP contribution in [0.25, 0.3) is 0 Å². The lowest BCUT2D eigenvalue weighted by atomic mass is 10.1. The SMILES string of the molecule is O=C(Cc1ccc(F)cn1)N1CC[C@H]2[C@H]1CCN2S(=O)(=O)C1CC1. The number of aromatic nitrogens is 1. The Balaban J connectivity index is 1.45. The van der Waals surface area contributed by atoms with Gasteiger partial charge in [-0.2, -0.15) is 4.31 Å². The molecule has 4 rings (SSSR count). The van der Waals surface area contributed by atoms with E-state index in [4.69, 9.17) is 0 Å². The molecule has 2 atom stereocenters. The molecular weight excluding hydrogens is 333 g/mol. The van der Waals surface area contributed by atoms with Crippen LogP contribution in [0.1, 0.15) is 31.4 Å². The third-order valence-electron chi connectivity index (χ3n) is 5.24.